The summed E-state index contributed by atoms with van der Waals surface area (Å²) in [5.74, 6) is -0.289. The third kappa shape index (κ3) is 4.16. The predicted octanol–water partition coefficient (Wildman–Crippen LogP) is -1.48. The molecule has 0 aromatic heterocycles. The first-order valence-electron chi connectivity index (χ1n) is 5.35. The quantitative estimate of drug-likeness (QED) is 0.639. The lowest BCUT2D eigenvalue weighted by molar-refractivity contribution is -0.134. The highest BCUT2D eigenvalue weighted by atomic mass is 16.5. The molecule has 0 bridgehead atoms. The van der Waals surface area contributed by atoms with Gasteiger partial charge in [-0.3, -0.25) is 9.59 Å². The molecular weight excluding hydrogens is 210 g/mol. The van der Waals surface area contributed by atoms with Crippen LogP contribution in [-0.2, 0) is 14.3 Å². The molecule has 16 heavy (non-hydrogen) atoms. The van der Waals surface area contributed by atoms with E-state index in [4.69, 9.17) is 0 Å². The van der Waals surface area contributed by atoms with Gasteiger partial charge in [-0.2, -0.15) is 0 Å². The minimum Gasteiger partial charge on any atom is -0.375 e. The second-order valence-electron chi connectivity index (χ2n) is 3.89. The van der Waals surface area contributed by atoms with E-state index in [0.717, 1.165) is 26.2 Å². The van der Waals surface area contributed by atoms with E-state index in [1.54, 1.807) is 4.90 Å². The van der Waals surface area contributed by atoms with Gasteiger partial charge in [0.1, 0.15) is 6.61 Å². The smallest absolute Gasteiger partial charge is 0.246 e. The van der Waals surface area contributed by atoms with E-state index in [9.17, 15) is 9.59 Å². The number of nitrogens with zero attached hydrogens (tertiary/aromatic N) is 2. The van der Waals surface area contributed by atoms with Gasteiger partial charge in [-0.25, -0.2) is 0 Å². The number of carbonyl (C=O) groups is 2. The molecule has 0 saturated carbocycles. The van der Waals surface area contributed by atoms with Crippen LogP contribution in [-0.4, -0.2) is 75.1 Å². The van der Waals surface area contributed by atoms with Crippen LogP contribution in [0.3, 0.4) is 0 Å². The summed E-state index contributed by atoms with van der Waals surface area (Å²) in [6.07, 6.45) is 0. The summed E-state index contributed by atoms with van der Waals surface area (Å²) < 4.78 is 4.65. The zero-order valence-electron chi connectivity index (χ0n) is 9.86. The lowest BCUT2D eigenvalue weighted by atomic mass is 10.3. The molecule has 6 heteroatoms. The van der Waals surface area contributed by atoms with Crippen LogP contribution >= 0.6 is 0 Å². The Morgan fingerprint density at radius 3 is 2.44 bits per heavy atom. The van der Waals surface area contributed by atoms with E-state index in [-0.39, 0.29) is 25.0 Å². The number of nitrogens with one attached hydrogen (secondary N) is 1. The summed E-state index contributed by atoms with van der Waals surface area (Å²) in [6, 6.07) is 0. The molecule has 1 N–H and O–H groups in total. The number of hydrogen-bond acceptors (Lipinski definition) is 4. The fourth-order valence-corrected chi connectivity index (χ4v) is 1.52. The first-order valence-corrected chi connectivity index (χ1v) is 5.35. The number of methoxy groups -OCH3 is 1. The largest absolute Gasteiger partial charge is 0.375 e. The molecule has 1 fully saturated rings. The van der Waals surface area contributed by atoms with Gasteiger partial charge < -0.3 is 19.9 Å². The molecule has 0 unspecified atom stereocenters. The maximum absolute atomic E-state index is 11.7. The molecule has 0 aliphatic carbocycles. The van der Waals surface area contributed by atoms with Gasteiger partial charge in [0.2, 0.25) is 11.8 Å². The van der Waals surface area contributed by atoms with Crippen LogP contribution in [0.2, 0.25) is 0 Å². The number of piperazine rings is 1. The van der Waals surface area contributed by atoms with Gasteiger partial charge in [0.25, 0.3) is 0 Å². The van der Waals surface area contributed by atoms with Crippen molar-refractivity contribution >= 4 is 11.8 Å². The molecule has 0 radical (unpaired) electrons. The lowest BCUT2D eigenvalue weighted by Crippen LogP contribution is -2.50. The Kier molecular flexibility index (Phi) is 5.21. The van der Waals surface area contributed by atoms with Crippen LogP contribution in [0.1, 0.15) is 0 Å². The van der Waals surface area contributed by atoms with E-state index in [0.29, 0.717) is 0 Å². The molecule has 0 spiro atoms. The Morgan fingerprint density at radius 2 is 1.88 bits per heavy atom. The number of rotatable bonds is 4. The Balaban J connectivity index is 2.22. The van der Waals surface area contributed by atoms with Crippen molar-refractivity contribution in [3.63, 3.8) is 0 Å². The third-order valence-electron chi connectivity index (χ3n) is 2.57. The highest BCUT2D eigenvalue weighted by Crippen LogP contribution is 1.98. The van der Waals surface area contributed by atoms with Crippen LogP contribution < -0.4 is 5.32 Å². The third-order valence-corrected chi connectivity index (χ3v) is 2.57. The summed E-state index contributed by atoms with van der Waals surface area (Å²) in [7, 11) is 3.48. The zero-order valence-corrected chi connectivity index (χ0v) is 9.86. The molecule has 0 atom stereocenters. The fourth-order valence-electron chi connectivity index (χ4n) is 1.52. The summed E-state index contributed by atoms with van der Waals surface area (Å²) in [6.45, 7) is 3.29. The Bertz CT molecular complexity index is 250. The number of likely N-dealkylation sites (N-methyl/N-ethyl adjacent to an activating group) is 1. The van der Waals surface area contributed by atoms with E-state index in [2.05, 4.69) is 15.0 Å². The van der Waals surface area contributed by atoms with E-state index >= 15 is 0 Å². The summed E-state index contributed by atoms with van der Waals surface area (Å²) in [5.41, 5.74) is 0. The zero-order chi connectivity index (χ0) is 12.0. The molecule has 1 aliphatic rings. The topological polar surface area (TPSA) is 61.9 Å². The minimum absolute atomic E-state index is 0.00395. The highest BCUT2D eigenvalue weighted by molar-refractivity contribution is 5.85. The minimum atomic E-state index is -0.259. The van der Waals surface area contributed by atoms with Crippen LogP contribution in [0.25, 0.3) is 0 Å². The second kappa shape index (κ2) is 6.44. The molecule has 92 valence electrons. The van der Waals surface area contributed by atoms with Crippen molar-refractivity contribution in [1.82, 2.24) is 15.1 Å². The van der Waals surface area contributed by atoms with Crippen molar-refractivity contribution in [3.05, 3.63) is 0 Å². The number of carbonyl (C=O) groups excluding carboxylic acids is 2. The molecule has 0 aromatic rings. The van der Waals surface area contributed by atoms with Crippen LogP contribution in [0.4, 0.5) is 0 Å². The Morgan fingerprint density at radius 1 is 1.25 bits per heavy atom. The molecular formula is C10H19N3O3. The van der Waals surface area contributed by atoms with Crippen molar-refractivity contribution in [2.24, 2.45) is 0 Å². The van der Waals surface area contributed by atoms with E-state index in [1.807, 2.05) is 7.05 Å². The number of amides is 2. The van der Waals surface area contributed by atoms with Crippen molar-refractivity contribution in [3.8, 4) is 0 Å². The van der Waals surface area contributed by atoms with Crippen LogP contribution in [0.5, 0.6) is 0 Å². The average Bonchev–Trinajstić information content (AvgIpc) is 2.27. The molecule has 1 saturated heterocycles. The van der Waals surface area contributed by atoms with Crippen LogP contribution in [0.15, 0.2) is 0 Å². The highest BCUT2D eigenvalue weighted by Gasteiger charge is 2.18. The summed E-state index contributed by atoms with van der Waals surface area (Å²) in [4.78, 5) is 26.7. The van der Waals surface area contributed by atoms with Gasteiger partial charge in [0.05, 0.1) is 6.54 Å². The SMILES string of the molecule is COCC(=O)NCC(=O)N1CCN(C)CC1. The molecule has 1 aliphatic heterocycles. The first kappa shape index (κ1) is 12.9. The molecule has 0 aromatic carbocycles. The Hall–Kier alpha value is -1.14. The maximum Gasteiger partial charge on any atom is 0.246 e. The van der Waals surface area contributed by atoms with Crippen molar-refractivity contribution in [2.45, 2.75) is 0 Å². The predicted molar refractivity (Wildman–Crippen MR) is 59.0 cm³/mol. The van der Waals surface area contributed by atoms with Gasteiger partial charge in [-0.15, -0.1) is 0 Å². The van der Waals surface area contributed by atoms with Crippen molar-refractivity contribution < 1.29 is 14.3 Å². The maximum atomic E-state index is 11.7. The first-order chi connectivity index (χ1) is 7.63. The van der Waals surface area contributed by atoms with Crippen molar-refractivity contribution in [1.29, 1.82) is 0 Å². The van der Waals surface area contributed by atoms with E-state index in [1.165, 1.54) is 7.11 Å². The normalized spacial score (nSPS) is 17.2. The molecule has 1 heterocycles. The number of ether oxygens (including phenoxy) is 1. The van der Waals surface area contributed by atoms with Gasteiger partial charge in [-0.05, 0) is 7.05 Å². The molecule has 6 nitrogen and oxygen atoms in total. The van der Waals surface area contributed by atoms with E-state index < -0.39 is 0 Å². The second-order valence-corrected chi connectivity index (χ2v) is 3.89. The standard InChI is InChI=1S/C10H19N3O3/c1-12-3-5-13(6-4-12)10(15)7-11-9(14)8-16-2/h3-8H2,1-2H3,(H,11,14). The summed E-state index contributed by atoms with van der Waals surface area (Å²) >= 11 is 0. The van der Waals surface area contributed by atoms with Gasteiger partial charge in [-0.1, -0.05) is 0 Å². The Labute approximate surface area is 95.5 Å². The average molecular weight is 229 g/mol. The van der Waals surface area contributed by atoms with Crippen LogP contribution in [0, 0.1) is 0 Å². The molecule has 2 amide bonds. The summed E-state index contributed by atoms with van der Waals surface area (Å²) in [5, 5.41) is 2.52. The van der Waals surface area contributed by atoms with Gasteiger partial charge >= 0.3 is 0 Å². The van der Waals surface area contributed by atoms with Gasteiger partial charge in [0.15, 0.2) is 0 Å². The number of hydrogen-bond donors (Lipinski definition) is 1. The van der Waals surface area contributed by atoms with Gasteiger partial charge in [0, 0.05) is 33.3 Å². The van der Waals surface area contributed by atoms with Crippen molar-refractivity contribution in [2.75, 3.05) is 53.5 Å². The lowest BCUT2D eigenvalue weighted by Gasteiger charge is -2.32. The molecule has 1 rings (SSSR count). The monoisotopic (exact) mass is 229 g/mol. The fraction of sp³-hybridized carbons (Fsp3) is 0.800.